The van der Waals surface area contributed by atoms with E-state index in [0.717, 1.165) is 4.90 Å². The van der Waals surface area contributed by atoms with Gasteiger partial charge in [0.2, 0.25) is 35.4 Å². The zero-order chi connectivity index (χ0) is 44.1. The number of rotatable bonds is 25. The van der Waals surface area contributed by atoms with Gasteiger partial charge in [0.15, 0.2) is 0 Å². The lowest BCUT2D eigenvalue weighted by molar-refractivity contribution is -0.151. The first kappa shape index (κ1) is 49.2. The largest absolute Gasteiger partial charge is 0.481 e. The zero-order valence-electron chi connectivity index (χ0n) is 33.6. The first-order chi connectivity index (χ1) is 27.9. The predicted octanol–water partition coefficient (Wildman–Crippen LogP) is -0.0218. The molecule has 7 amide bonds. The molecule has 0 unspecified atom stereocenters. The molecule has 5 atom stereocenters. The summed E-state index contributed by atoms with van der Waals surface area (Å²) in [5.41, 5.74) is 6.74. The van der Waals surface area contributed by atoms with E-state index in [1.807, 2.05) is 20.1 Å². The van der Waals surface area contributed by atoms with Crippen molar-refractivity contribution in [2.24, 2.45) is 11.7 Å². The second-order valence-corrected chi connectivity index (χ2v) is 15.2. The molecule has 2 rings (SSSR count). The van der Waals surface area contributed by atoms with Crippen molar-refractivity contribution in [1.29, 1.82) is 0 Å². The molecule has 0 bridgehead atoms. The highest BCUT2D eigenvalue weighted by molar-refractivity contribution is 7.98. The third-order valence-corrected chi connectivity index (χ3v) is 9.68. The minimum absolute atomic E-state index is 0.0298. The lowest BCUT2D eigenvalue weighted by Crippen LogP contribution is -2.59. The third-order valence-electron chi connectivity index (χ3n) is 9.04. The van der Waals surface area contributed by atoms with Gasteiger partial charge in [-0.3, -0.25) is 38.4 Å². The number of carboxylic acid groups (broad SMARTS) is 2. The summed E-state index contributed by atoms with van der Waals surface area (Å²) in [4.78, 5) is 116. The average molecular weight is 842 g/mol. The van der Waals surface area contributed by atoms with Gasteiger partial charge in [-0.1, -0.05) is 74.5 Å². The molecule has 9 N–H and O–H groups in total. The fourth-order valence-electron chi connectivity index (χ4n) is 5.94. The smallest absolute Gasteiger partial charge is 0.394 e. The van der Waals surface area contributed by atoms with Crippen LogP contribution in [-0.2, 0) is 56.0 Å². The molecule has 2 aromatic rings. The molecule has 59 heavy (non-hydrogen) atoms. The number of benzene rings is 2. The molecule has 19 heteroatoms. The fourth-order valence-corrected chi connectivity index (χ4v) is 6.41. The van der Waals surface area contributed by atoms with E-state index >= 15 is 0 Å². The van der Waals surface area contributed by atoms with Crippen LogP contribution in [-0.4, -0.2) is 124 Å². The Morgan fingerprint density at radius 3 is 1.80 bits per heavy atom. The molecule has 0 aliphatic carbocycles. The van der Waals surface area contributed by atoms with Gasteiger partial charge in [-0.2, -0.15) is 11.8 Å². The molecule has 18 nitrogen and oxygen atoms in total. The van der Waals surface area contributed by atoms with Crippen molar-refractivity contribution in [1.82, 2.24) is 31.5 Å². The molecule has 0 spiro atoms. The van der Waals surface area contributed by atoms with Gasteiger partial charge in [0, 0.05) is 26.3 Å². The maximum absolute atomic E-state index is 14.4. The van der Waals surface area contributed by atoms with Crippen LogP contribution in [0.2, 0.25) is 0 Å². The Labute approximate surface area is 347 Å². The van der Waals surface area contributed by atoms with E-state index in [4.69, 9.17) is 15.9 Å². The van der Waals surface area contributed by atoms with Crippen LogP contribution in [0.4, 0.5) is 0 Å². The Balaban J connectivity index is 2.37. The second kappa shape index (κ2) is 25.4. The van der Waals surface area contributed by atoms with Crippen LogP contribution < -0.4 is 32.3 Å². The van der Waals surface area contributed by atoms with E-state index in [0.29, 0.717) is 23.3 Å². The van der Waals surface area contributed by atoms with E-state index in [-0.39, 0.29) is 44.4 Å². The number of hydrogen-bond acceptors (Lipinski definition) is 10. The van der Waals surface area contributed by atoms with Crippen LogP contribution in [0.5, 0.6) is 0 Å². The maximum atomic E-state index is 14.4. The Hall–Kier alpha value is -5.98. The Morgan fingerprint density at radius 2 is 1.27 bits per heavy atom. The van der Waals surface area contributed by atoms with E-state index in [2.05, 4.69) is 26.6 Å². The molecular formula is C40H55N7O11S. The highest BCUT2D eigenvalue weighted by Gasteiger charge is 2.35. The van der Waals surface area contributed by atoms with Crippen LogP contribution in [0, 0.1) is 5.92 Å². The van der Waals surface area contributed by atoms with Crippen LogP contribution >= 0.6 is 11.8 Å². The summed E-state index contributed by atoms with van der Waals surface area (Å²) >= 11 is 1.47. The summed E-state index contributed by atoms with van der Waals surface area (Å²) in [6, 6.07) is 11.1. The minimum Gasteiger partial charge on any atom is -0.481 e. The van der Waals surface area contributed by atoms with Crippen LogP contribution in [0.1, 0.15) is 57.1 Å². The minimum atomic E-state index is -1.88. The second-order valence-electron chi connectivity index (χ2n) is 14.2. The third kappa shape index (κ3) is 18.0. The fraction of sp³-hybridized carbons (Fsp3) is 0.475. The van der Waals surface area contributed by atoms with Crippen molar-refractivity contribution in [3.05, 3.63) is 71.8 Å². The molecule has 0 saturated carbocycles. The molecule has 0 saturated heterocycles. The number of aliphatic carboxylic acids is 2. The lowest BCUT2D eigenvalue weighted by atomic mass is 10.00. The first-order valence-electron chi connectivity index (χ1n) is 19.0. The van der Waals surface area contributed by atoms with Gasteiger partial charge in [0.25, 0.3) is 0 Å². The summed E-state index contributed by atoms with van der Waals surface area (Å²) in [6.07, 6.45) is 1.47. The predicted molar refractivity (Wildman–Crippen MR) is 218 cm³/mol. The lowest BCUT2D eigenvalue weighted by Gasteiger charge is -2.32. The van der Waals surface area contributed by atoms with Crippen molar-refractivity contribution < 1.29 is 53.4 Å². The Morgan fingerprint density at radius 1 is 0.712 bits per heavy atom. The van der Waals surface area contributed by atoms with Crippen molar-refractivity contribution in [3.8, 4) is 0 Å². The molecule has 2 aromatic carbocycles. The molecule has 0 radical (unpaired) electrons. The van der Waals surface area contributed by atoms with Gasteiger partial charge in [0.05, 0.1) is 6.54 Å². The number of carbonyl (C=O) groups excluding carboxylic acids is 7. The van der Waals surface area contributed by atoms with Gasteiger partial charge in [-0.15, -0.1) is 0 Å². The number of carboxylic acids is 2. The highest BCUT2D eigenvalue weighted by Crippen LogP contribution is 2.14. The maximum Gasteiger partial charge on any atom is 0.394 e. The SMILES string of the molecule is CSCC[C@H](NC(=O)[C@H](CC(C)C)NC(=O)CNC(=O)[C@H](Cc1ccccc1)N(C)C(=O)[C@H](Cc1ccccc1)NC(=O)[C@H](CCCC(=O)O)NC(=O)C(=O)O)C(N)=O. The summed E-state index contributed by atoms with van der Waals surface area (Å²) < 4.78 is 0. The van der Waals surface area contributed by atoms with Crippen LogP contribution in [0.15, 0.2) is 60.7 Å². The Bertz CT molecular complexity index is 1760. The number of primary amides is 1. The summed E-state index contributed by atoms with van der Waals surface area (Å²) in [5.74, 6) is -8.58. The molecule has 0 heterocycles. The standard InChI is InChI=1S/C40H55N7O11S/c1-24(2)20-29(36(53)44-27(34(41)51)18-19-59-4)43-32(48)23-42-37(54)31(22-26-14-9-6-10-15-26)47(3)39(56)30(21-25-12-7-5-8-13-25)46-35(52)28(16-11-17-33(49)50)45-38(55)40(57)58/h5-10,12-15,24,27-31H,11,16-23H2,1-4H3,(H2,41,51)(H,42,54)(H,43,48)(H,44,53)(H,45,55)(H,46,52)(H,49,50)(H,57,58)/t27-,28-,29-,30-,31-/m0/s1. The quantitative estimate of drug-likeness (QED) is 0.0613. The van der Waals surface area contributed by atoms with Gasteiger partial charge in [-0.25, -0.2) is 4.79 Å². The Kier molecular flexibility index (Phi) is 21.2. The zero-order valence-corrected chi connectivity index (χ0v) is 34.4. The molecular weight excluding hydrogens is 787 g/mol. The number of nitrogens with zero attached hydrogens (tertiary/aromatic N) is 1. The van der Waals surface area contributed by atoms with Crippen molar-refractivity contribution >= 4 is 65.1 Å². The van der Waals surface area contributed by atoms with Crippen molar-refractivity contribution in [2.45, 2.75) is 89.0 Å². The highest BCUT2D eigenvalue weighted by atomic mass is 32.2. The number of carbonyl (C=O) groups is 9. The number of amides is 7. The summed E-state index contributed by atoms with van der Waals surface area (Å²) in [5, 5.41) is 30.6. The van der Waals surface area contributed by atoms with Crippen LogP contribution in [0.25, 0.3) is 0 Å². The number of likely N-dealkylation sites (N-methyl/N-ethyl adjacent to an activating group) is 1. The van der Waals surface area contributed by atoms with Crippen molar-refractivity contribution in [3.63, 3.8) is 0 Å². The van der Waals surface area contributed by atoms with Crippen molar-refractivity contribution in [2.75, 3.05) is 25.6 Å². The normalized spacial score (nSPS) is 13.4. The number of nitrogens with one attached hydrogen (secondary N) is 5. The number of hydrogen-bond donors (Lipinski definition) is 8. The first-order valence-corrected chi connectivity index (χ1v) is 20.4. The van der Waals surface area contributed by atoms with E-state index in [1.54, 1.807) is 60.7 Å². The van der Waals surface area contributed by atoms with Gasteiger partial charge in [-0.05, 0) is 54.7 Å². The molecule has 0 fully saturated rings. The number of nitrogens with two attached hydrogens (primary N) is 1. The van der Waals surface area contributed by atoms with E-state index in [9.17, 15) is 43.2 Å². The van der Waals surface area contributed by atoms with Gasteiger partial charge in [0.1, 0.15) is 30.2 Å². The molecule has 0 aromatic heterocycles. The molecule has 0 aliphatic rings. The summed E-state index contributed by atoms with van der Waals surface area (Å²) in [7, 11) is 1.34. The van der Waals surface area contributed by atoms with Crippen LogP contribution in [0.3, 0.4) is 0 Å². The average Bonchev–Trinajstić information content (AvgIpc) is 3.19. The number of thioether (sulfide) groups is 1. The topological polar surface area (TPSA) is 283 Å². The van der Waals surface area contributed by atoms with E-state index < -0.39 is 90.0 Å². The summed E-state index contributed by atoms with van der Waals surface area (Å²) in [6.45, 7) is 3.09. The van der Waals surface area contributed by atoms with Gasteiger partial charge >= 0.3 is 17.8 Å². The van der Waals surface area contributed by atoms with E-state index in [1.165, 1.54) is 18.8 Å². The van der Waals surface area contributed by atoms with Gasteiger partial charge < -0.3 is 47.4 Å². The monoisotopic (exact) mass is 841 g/mol. The molecule has 0 aliphatic heterocycles. The molecule has 322 valence electrons.